The second-order valence-corrected chi connectivity index (χ2v) is 6.94. The van der Waals surface area contributed by atoms with Crippen molar-refractivity contribution in [1.82, 2.24) is 9.13 Å². The van der Waals surface area contributed by atoms with E-state index in [0.29, 0.717) is 44.1 Å². The maximum atomic E-state index is 13.2. The normalized spacial score (nSPS) is 14.2. The van der Waals surface area contributed by atoms with Crippen molar-refractivity contribution in [1.29, 1.82) is 0 Å². The second kappa shape index (κ2) is 8.91. The number of nitrogens with two attached hydrogens (primary N) is 1. The van der Waals surface area contributed by atoms with Crippen molar-refractivity contribution in [2.24, 2.45) is 0 Å². The topological polar surface area (TPSA) is 126 Å². The molecule has 2 aromatic rings. The van der Waals surface area contributed by atoms with Gasteiger partial charge in [0, 0.05) is 31.8 Å². The summed E-state index contributed by atoms with van der Waals surface area (Å²) in [5.74, 6) is 0.176. The van der Waals surface area contributed by atoms with E-state index in [1.807, 2.05) is 11.8 Å². The van der Waals surface area contributed by atoms with Crippen LogP contribution in [0.3, 0.4) is 0 Å². The number of nitro benzene ring substituents is 1. The van der Waals surface area contributed by atoms with E-state index in [1.165, 1.54) is 16.7 Å². The van der Waals surface area contributed by atoms with Crippen molar-refractivity contribution >= 4 is 17.2 Å². The Bertz CT molecular complexity index is 990. The first kappa shape index (κ1) is 20.6. The lowest BCUT2D eigenvalue weighted by atomic mass is 10.2. The molecule has 0 atom stereocenters. The molecule has 0 aliphatic carbocycles. The summed E-state index contributed by atoms with van der Waals surface area (Å²) in [5, 5.41) is 10.8. The summed E-state index contributed by atoms with van der Waals surface area (Å²) in [4.78, 5) is 38.4. The van der Waals surface area contributed by atoms with Crippen LogP contribution in [0.5, 0.6) is 0 Å². The molecule has 10 heteroatoms. The smallest absolute Gasteiger partial charge is 0.332 e. The van der Waals surface area contributed by atoms with Crippen LogP contribution in [0.2, 0.25) is 0 Å². The van der Waals surface area contributed by atoms with E-state index in [1.54, 1.807) is 12.1 Å². The first-order valence-corrected chi connectivity index (χ1v) is 9.63. The zero-order chi connectivity index (χ0) is 21.0. The van der Waals surface area contributed by atoms with Gasteiger partial charge in [-0.1, -0.05) is 25.5 Å². The Morgan fingerprint density at radius 1 is 1.14 bits per heavy atom. The highest BCUT2D eigenvalue weighted by Crippen LogP contribution is 2.19. The average Bonchev–Trinajstić information content (AvgIpc) is 2.72. The molecule has 2 N–H and O–H groups in total. The molecule has 1 aliphatic heterocycles. The lowest BCUT2D eigenvalue weighted by Crippen LogP contribution is -2.47. The van der Waals surface area contributed by atoms with Crippen molar-refractivity contribution in [3.05, 3.63) is 60.8 Å². The monoisotopic (exact) mass is 403 g/mol. The Morgan fingerprint density at radius 2 is 1.79 bits per heavy atom. The molecule has 1 fully saturated rings. The molecule has 29 heavy (non-hydrogen) atoms. The van der Waals surface area contributed by atoms with E-state index in [0.717, 1.165) is 17.4 Å². The SMILES string of the molecule is CCCCn1c(N)c(N2CCOCC2)c(=O)n(Cc2ccc([N+](=O)[O-])cc2)c1=O. The minimum atomic E-state index is -0.493. The Kier molecular flexibility index (Phi) is 6.32. The molecule has 0 bridgehead atoms. The molecule has 3 rings (SSSR count). The van der Waals surface area contributed by atoms with Gasteiger partial charge in [-0.15, -0.1) is 0 Å². The maximum Gasteiger partial charge on any atom is 0.332 e. The van der Waals surface area contributed by atoms with Gasteiger partial charge in [0.1, 0.15) is 11.5 Å². The number of unbranched alkanes of at least 4 members (excludes halogenated alkanes) is 1. The Morgan fingerprint density at radius 3 is 2.38 bits per heavy atom. The van der Waals surface area contributed by atoms with Crippen LogP contribution in [0.15, 0.2) is 33.9 Å². The van der Waals surface area contributed by atoms with Gasteiger partial charge in [0.15, 0.2) is 0 Å². The van der Waals surface area contributed by atoms with Crippen molar-refractivity contribution in [3.63, 3.8) is 0 Å². The minimum Gasteiger partial charge on any atom is -0.383 e. The maximum absolute atomic E-state index is 13.2. The van der Waals surface area contributed by atoms with Crippen LogP contribution in [0.1, 0.15) is 25.3 Å². The van der Waals surface area contributed by atoms with E-state index < -0.39 is 16.2 Å². The summed E-state index contributed by atoms with van der Waals surface area (Å²) < 4.78 is 7.96. The van der Waals surface area contributed by atoms with Crippen molar-refractivity contribution in [2.75, 3.05) is 36.9 Å². The summed E-state index contributed by atoms with van der Waals surface area (Å²) >= 11 is 0. The number of non-ortho nitro benzene ring substituents is 1. The summed E-state index contributed by atoms with van der Waals surface area (Å²) in [5.41, 5.74) is 6.21. The number of hydrogen-bond donors (Lipinski definition) is 1. The third kappa shape index (κ3) is 4.32. The number of hydrogen-bond acceptors (Lipinski definition) is 7. The Balaban J connectivity index is 2.07. The van der Waals surface area contributed by atoms with Gasteiger partial charge in [0.25, 0.3) is 11.2 Å². The van der Waals surface area contributed by atoms with E-state index >= 15 is 0 Å². The van der Waals surface area contributed by atoms with Gasteiger partial charge in [-0.25, -0.2) is 4.79 Å². The summed E-state index contributed by atoms with van der Waals surface area (Å²) in [6.07, 6.45) is 1.63. The third-order valence-corrected chi connectivity index (χ3v) is 4.99. The van der Waals surface area contributed by atoms with Crippen LogP contribution in [-0.2, 0) is 17.8 Å². The standard InChI is InChI=1S/C19H25N5O5/c1-2-3-8-22-17(20)16(21-9-11-29-12-10-21)18(25)23(19(22)26)13-14-4-6-15(7-5-14)24(27)28/h4-7H,2-3,8-13,20H2,1H3. The van der Waals surface area contributed by atoms with Crippen molar-refractivity contribution in [2.45, 2.75) is 32.9 Å². The molecule has 2 heterocycles. The summed E-state index contributed by atoms with van der Waals surface area (Å²) in [6, 6.07) is 5.81. The molecule has 1 saturated heterocycles. The average molecular weight is 403 g/mol. The number of nitrogen functional groups attached to an aromatic ring is 1. The molecule has 0 radical (unpaired) electrons. The van der Waals surface area contributed by atoms with Gasteiger partial charge < -0.3 is 15.4 Å². The quantitative estimate of drug-likeness (QED) is 0.543. The van der Waals surface area contributed by atoms with Crippen molar-refractivity contribution < 1.29 is 9.66 Å². The fourth-order valence-electron chi connectivity index (χ4n) is 3.36. The highest BCUT2D eigenvalue weighted by Gasteiger charge is 2.23. The lowest BCUT2D eigenvalue weighted by Gasteiger charge is -2.30. The zero-order valence-electron chi connectivity index (χ0n) is 16.4. The minimum absolute atomic E-state index is 0.0133. The van der Waals surface area contributed by atoms with Crippen LogP contribution in [0, 0.1) is 10.1 Å². The first-order chi connectivity index (χ1) is 13.9. The van der Waals surface area contributed by atoms with Gasteiger partial charge in [0.2, 0.25) is 0 Å². The molecule has 0 amide bonds. The third-order valence-electron chi connectivity index (χ3n) is 4.99. The van der Waals surface area contributed by atoms with Crippen LogP contribution >= 0.6 is 0 Å². The second-order valence-electron chi connectivity index (χ2n) is 6.94. The van der Waals surface area contributed by atoms with Crippen LogP contribution in [0.25, 0.3) is 0 Å². The van der Waals surface area contributed by atoms with Gasteiger partial charge in [-0.2, -0.15) is 0 Å². The number of nitrogens with zero attached hydrogens (tertiary/aromatic N) is 4. The molecule has 0 unspecified atom stereocenters. The zero-order valence-corrected chi connectivity index (χ0v) is 16.4. The van der Waals surface area contributed by atoms with E-state index in [-0.39, 0.29) is 18.1 Å². The number of benzene rings is 1. The van der Waals surface area contributed by atoms with Gasteiger partial charge in [-0.05, 0) is 12.0 Å². The number of ether oxygens (including phenoxy) is 1. The highest BCUT2D eigenvalue weighted by molar-refractivity contribution is 5.63. The first-order valence-electron chi connectivity index (χ1n) is 9.63. The molecule has 0 spiro atoms. The number of morpholine rings is 1. The number of nitro groups is 1. The van der Waals surface area contributed by atoms with E-state index in [9.17, 15) is 19.7 Å². The Hall–Kier alpha value is -3.14. The Labute approximate surface area is 167 Å². The molecule has 1 aliphatic rings. The number of rotatable bonds is 7. The molecule has 1 aromatic heterocycles. The van der Waals surface area contributed by atoms with Gasteiger partial charge >= 0.3 is 5.69 Å². The predicted molar refractivity (Wildman–Crippen MR) is 110 cm³/mol. The van der Waals surface area contributed by atoms with Gasteiger partial charge in [0.05, 0.1) is 24.7 Å². The van der Waals surface area contributed by atoms with Crippen LogP contribution in [-0.4, -0.2) is 40.4 Å². The van der Waals surface area contributed by atoms with Crippen LogP contribution in [0.4, 0.5) is 17.2 Å². The fraction of sp³-hybridized carbons (Fsp3) is 0.474. The van der Waals surface area contributed by atoms with Crippen molar-refractivity contribution in [3.8, 4) is 0 Å². The molecule has 1 aromatic carbocycles. The summed E-state index contributed by atoms with van der Waals surface area (Å²) in [6.45, 7) is 4.44. The fourth-order valence-corrected chi connectivity index (χ4v) is 3.36. The lowest BCUT2D eigenvalue weighted by molar-refractivity contribution is -0.384. The number of anilines is 2. The largest absolute Gasteiger partial charge is 0.383 e. The predicted octanol–water partition coefficient (Wildman–Crippen LogP) is 1.19. The molecular formula is C19H25N5O5. The van der Waals surface area contributed by atoms with E-state index in [2.05, 4.69) is 0 Å². The van der Waals surface area contributed by atoms with Gasteiger partial charge in [-0.3, -0.25) is 24.0 Å². The molecule has 10 nitrogen and oxygen atoms in total. The molecular weight excluding hydrogens is 378 g/mol. The summed E-state index contributed by atoms with van der Waals surface area (Å²) in [7, 11) is 0. The highest BCUT2D eigenvalue weighted by atomic mass is 16.6. The molecule has 0 saturated carbocycles. The van der Waals surface area contributed by atoms with E-state index in [4.69, 9.17) is 10.5 Å². The number of aromatic nitrogens is 2. The van der Waals surface area contributed by atoms with Crippen LogP contribution < -0.4 is 21.9 Å². The molecule has 156 valence electrons.